The fourth-order valence-corrected chi connectivity index (χ4v) is 3.02. The molecule has 0 aromatic carbocycles. The summed E-state index contributed by atoms with van der Waals surface area (Å²) in [5.74, 6) is 0. The van der Waals surface area contributed by atoms with Crippen LogP contribution in [0.4, 0.5) is 0 Å². The van der Waals surface area contributed by atoms with Gasteiger partial charge in [0, 0.05) is 5.54 Å². The molecule has 2 nitrogen and oxygen atoms in total. The Kier molecular flexibility index (Phi) is 1.92. The highest BCUT2D eigenvalue weighted by Gasteiger charge is 2.52. The van der Waals surface area contributed by atoms with Crippen LogP contribution in [0.3, 0.4) is 0 Å². The number of hydrogen-bond acceptors (Lipinski definition) is 2. The summed E-state index contributed by atoms with van der Waals surface area (Å²) in [6.07, 6.45) is 8.64. The maximum atomic E-state index is 9.33. The predicted octanol–water partition coefficient (Wildman–Crippen LogP) is 1.42. The van der Waals surface area contributed by atoms with Gasteiger partial charge < -0.3 is 10.8 Å². The molecule has 1 unspecified atom stereocenters. The fourth-order valence-electron chi connectivity index (χ4n) is 3.02. The monoisotopic (exact) mass is 169 g/mol. The van der Waals surface area contributed by atoms with Crippen molar-refractivity contribution in [1.29, 1.82) is 0 Å². The third kappa shape index (κ3) is 0.944. The zero-order chi connectivity index (χ0) is 8.66. The van der Waals surface area contributed by atoms with Crippen LogP contribution in [-0.4, -0.2) is 17.3 Å². The number of aliphatic hydroxyl groups is 1. The first-order chi connectivity index (χ1) is 5.72. The topological polar surface area (TPSA) is 46.2 Å². The van der Waals surface area contributed by atoms with E-state index in [9.17, 15) is 5.11 Å². The van der Waals surface area contributed by atoms with Crippen molar-refractivity contribution >= 4 is 0 Å². The van der Waals surface area contributed by atoms with Gasteiger partial charge in [0.25, 0.3) is 0 Å². The van der Waals surface area contributed by atoms with Crippen LogP contribution in [0.1, 0.15) is 44.9 Å². The summed E-state index contributed by atoms with van der Waals surface area (Å²) in [6, 6.07) is 0. The van der Waals surface area contributed by atoms with Gasteiger partial charge in [-0.25, -0.2) is 0 Å². The minimum absolute atomic E-state index is 0.188. The van der Waals surface area contributed by atoms with Crippen molar-refractivity contribution < 1.29 is 5.11 Å². The fraction of sp³-hybridized carbons (Fsp3) is 1.00. The quantitative estimate of drug-likeness (QED) is 0.623. The van der Waals surface area contributed by atoms with Gasteiger partial charge in [-0.3, -0.25) is 0 Å². The molecule has 2 heteroatoms. The first-order valence-corrected chi connectivity index (χ1v) is 5.12. The van der Waals surface area contributed by atoms with Crippen LogP contribution in [0.2, 0.25) is 0 Å². The smallest absolute Gasteiger partial charge is 0.0616 e. The van der Waals surface area contributed by atoms with Crippen molar-refractivity contribution in [2.45, 2.75) is 50.5 Å². The van der Waals surface area contributed by atoms with E-state index in [1.165, 1.54) is 38.5 Å². The van der Waals surface area contributed by atoms with Gasteiger partial charge in [-0.15, -0.1) is 0 Å². The van der Waals surface area contributed by atoms with Crippen LogP contribution in [-0.2, 0) is 0 Å². The summed E-state index contributed by atoms with van der Waals surface area (Å²) in [7, 11) is 0. The summed E-state index contributed by atoms with van der Waals surface area (Å²) < 4.78 is 0. The average molecular weight is 169 g/mol. The lowest BCUT2D eigenvalue weighted by atomic mass is 9.52. The van der Waals surface area contributed by atoms with Gasteiger partial charge in [0.15, 0.2) is 0 Å². The van der Waals surface area contributed by atoms with Gasteiger partial charge >= 0.3 is 0 Å². The minimum atomic E-state index is -0.233. The summed E-state index contributed by atoms with van der Waals surface area (Å²) in [5.41, 5.74) is 6.35. The van der Waals surface area contributed by atoms with Crippen LogP contribution >= 0.6 is 0 Å². The van der Waals surface area contributed by atoms with Crippen molar-refractivity contribution in [1.82, 2.24) is 0 Å². The van der Waals surface area contributed by atoms with Crippen molar-refractivity contribution in [2.24, 2.45) is 11.1 Å². The minimum Gasteiger partial charge on any atom is -0.394 e. The second-order valence-electron chi connectivity index (χ2n) is 4.66. The van der Waals surface area contributed by atoms with Gasteiger partial charge in [0.2, 0.25) is 0 Å². The number of nitrogens with two attached hydrogens (primary N) is 1. The van der Waals surface area contributed by atoms with E-state index >= 15 is 0 Å². The SMILES string of the molecule is NC1(CO)CCCCC12CCC2. The second-order valence-corrected chi connectivity index (χ2v) is 4.66. The Hall–Kier alpha value is -0.0800. The third-order valence-corrected chi connectivity index (χ3v) is 4.18. The number of rotatable bonds is 1. The van der Waals surface area contributed by atoms with Crippen molar-refractivity contribution in [3.8, 4) is 0 Å². The molecule has 1 spiro atoms. The molecule has 1 atom stereocenters. The van der Waals surface area contributed by atoms with Gasteiger partial charge in [-0.1, -0.05) is 19.3 Å². The molecule has 0 radical (unpaired) electrons. The van der Waals surface area contributed by atoms with Crippen LogP contribution in [0.5, 0.6) is 0 Å². The molecule has 0 aliphatic heterocycles. The van der Waals surface area contributed by atoms with E-state index in [1.54, 1.807) is 0 Å². The Labute approximate surface area is 74.1 Å². The van der Waals surface area contributed by atoms with Crippen molar-refractivity contribution in [3.05, 3.63) is 0 Å². The molecule has 0 bridgehead atoms. The Balaban J connectivity index is 2.16. The average Bonchev–Trinajstić information content (AvgIpc) is 2.02. The van der Waals surface area contributed by atoms with E-state index in [1.807, 2.05) is 0 Å². The summed E-state index contributed by atoms with van der Waals surface area (Å²) in [6.45, 7) is 0.188. The molecule has 2 aliphatic rings. The van der Waals surface area contributed by atoms with E-state index in [2.05, 4.69) is 0 Å². The zero-order valence-electron chi connectivity index (χ0n) is 7.68. The van der Waals surface area contributed by atoms with Crippen LogP contribution in [0.15, 0.2) is 0 Å². The van der Waals surface area contributed by atoms with Crippen molar-refractivity contribution in [3.63, 3.8) is 0 Å². The molecule has 2 saturated carbocycles. The molecule has 0 aromatic heterocycles. The van der Waals surface area contributed by atoms with Gasteiger partial charge in [0.05, 0.1) is 6.61 Å². The molecule has 12 heavy (non-hydrogen) atoms. The summed E-state index contributed by atoms with van der Waals surface area (Å²) in [4.78, 5) is 0. The van der Waals surface area contributed by atoms with Crippen LogP contribution < -0.4 is 5.73 Å². The zero-order valence-corrected chi connectivity index (χ0v) is 7.68. The lowest BCUT2D eigenvalue weighted by molar-refractivity contribution is -0.0455. The highest BCUT2D eigenvalue weighted by atomic mass is 16.3. The maximum Gasteiger partial charge on any atom is 0.0616 e. The Morgan fingerprint density at radius 3 is 2.00 bits per heavy atom. The Bertz CT molecular complexity index is 165. The lowest BCUT2D eigenvalue weighted by Gasteiger charge is -2.56. The molecule has 0 aromatic rings. The third-order valence-electron chi connectivity index (χ3n) is 4.18. The van der Waals surface area contributed by atoms with Crippen LogP contribution in [0, 0.1) is 5.41 Å². The molecular weight excluding hydrogens is 150 g/mol. The van der Waals surface area contributed by atoms with E-state index in [0.29, 0.717) is 5.41 Å². The van der Waals surface area contributed by atoms with Gasteiger partial charge in [-0.05, 0) is 31.1 Å². The summed E-state index contributed by atoms with van der Waals surface area (Å²) in [5, 5.41) is 9.33. The van der Waals surface area contributed by atoms with E-state index in [0.717, 1.165) is 6.42 Å². The first-order valence-electron chi connectivity index (χ1n) is 5.12. The Morgan fingerprint density at radius 2 is 1.58 bits per heavy atom. The number of hydrogen-bond donors (Lipinski definition) is 2. The molecule has 2 rings (SSSR count). The molecule has 2 aliphatic carbocycles. The van der Waals surface area contributed by atoms with E-state index in [4.69, 9.17) is 5.73 Å². The molecule has 0 saturated heterocycles. The second kappa shape index (κ2) is 2.71. The predicted molar refractivity (Wildman–Crippen MR) is 48.8 cm³/mol. The molecule has 3 N–H and O–H groups in total. The normalized spacial score (nSPS) is 39.5. The molecule has 70 valence electrons. The van der Waals surface area contributed by atoms with Gasteiger partial charge in [0.1, 0.15) is 0 Å². The van der Waals surface area contributed by atoms with Gasteiger partial charge in [-0.2, -0.15) is 0 Å². The highest BCUT2D eigenvalue weighted by Crippen LogP contribution is 2.55. The standard InChI is InChI=1S/C10H19NO/c11-10(8-12)7-2-1-4-9(10)5-3-6-9/h12H,1-8,11H2. The van der Waals surface area contributed by atoms with E-state index < -0.39 is 0 Å². The number of aliphatic hydroxyl groups excluding tert-OH is 1. The molecular formula is C10H19NO. The largest absolute Gasteiger partial charge is 0.394 e. The maximum absolute atomic E-state index is 9.33. The molecule has 2 fully saturated rings. The molecule has 0 amide bonds. The Morgan fingerprint density at radius 1 is 1.00 bits per heavy atom. The molecule has 0 heterocycles. The van der Waals surface area contributed by atoms with Crippen molar-refractivity contribution in [2.75, 3.05) is 6.61 Å². The summed E-state index contributed by atoms with van der Waals surface area (Å²) >= 11 is 0. The highest BCUT2D eigenvalue weighted by molar-refractivity contribution is 5.08. The lowest BCUT2D eigenvalue weighted by Crippen LogP contribution is -2.62. The first kappa shape index (κ1) is 8.52. The van der Waals surface area contributed by atoms with Crippen LogP contribution in [0.25, 0.3) is 0 Å². The van der Waals surface area contributed by atoms with E-state index in [-0.39, 0.29) is 12.1 Å².